The molecule has 1 N–H and O–H groups in total. The maximum Gasteiger partial charge on any atom is 0.223 e. The van der Waals surface area contributed by atoms with E-state index in [-0.39, 0.29) is 11.9 Å². The fourth-order valence-electron chi connectivity index (χ4n) is 3.05. The minimum absolute atomic E-state index is 0.0609. The number of piperazine rings is 1. The Morgan fingerprint density at radius 1 is 1.17 bits per heavy atom. The van der Waals surface area contributed by atoms with Crippen molar-refractivity contribution in [2.75, 3.05) is 19.6 Å². The number of amides is 1. The van der Waals surface area contributed by atoms with Crippen molar-refractivity contribution in [2.24, 2.45) is 0 Å². The Kier molecular flexibility index (Phi) is 5.31. The van der Waals surface area contributed by atoms with E-state index in [4.69, 9.17) is 11.6 Å². The van der Waals surface area contributed by atoms with Crippen LogP contribution >= 0.6 is 11.6 Å². The monoisotopic (exact) mass is 328 g/mol. The van der Waals surface area contributed by atoms with Crippen LogP contribution in [0, 0.1) is 0 Å². The highest BCUT2D eigenvalue weighted by molar-refractivity contribution is 6.30. The summed E-state index contributed by atoms with van der Waals surface area (Å²) in [7, 11) is 0. The van der Waals surface area contributed by atoms with E-state index in [0.717, 1.165) is 31.6 Å². The molecule has 120 valence electrons. The molecule has 0 radical (unpaired) electrons. The molecule has 0 bridgehead atoms. The van der Waals surface area contributed by atoms with Crippen LogP contribution in [0.3, 0.4) is 0 Å². The van der Waals surface area contributed by atoms with Crippen LogP contribution in [0.15, 0.2) is 54.6 Å². The molecule has 0 aliphatic carbocycles. The first-order chi connectivity index (χ1) is 11.2. The third kappa shape index (κ3) is 4.12. The molecular weight excluding hydrogens is 308 g/mol. The lowest BCUT2D eigenvalue weighted by Crippen LogP contribution is -2.48. The molecule has 3 nitrogen and oxygen atoms in total. The number of hydrogen-bond acceptors (Lipinski definition) is 2. The van der Waals surface area contributed by atoms with Crippen molar-refractivity contribution in [3.63, 3.8) is 0 Å². The summed E-state index contributed by atoms with van der Waals surface area (Å²) < 4.78 is 0. The van der Waals surface area contributed by atoms with Crippen molar-refractivity contribution >= 4 is 17.5 Å². The largest absolute Gasteiger partial charge is 0.333 e. The number of halogens is 1. The number of benzene rings is 2. The first-order valence-corrected chi connectivity index (χ1v) is 8.41. The second kappa shape index (κ2) is 7.62. The van der Waals surface area contributed by atoms with Crippen LogP contribution in [0.2, 0.25) is 5.02 Å². The summed E-state index contributed by atoms with van der Waals surface area (Å²) in [6.45, 7) is 2.36. The van der Waals surface area contributed by atoms with E-state index in [2.05, 4.69) is 17.4 Å². The van der Waals surface area contributed by atoms with Crippen molar-refractivity contribution in [1.82, 2.24) is 10.2 Å². The maximum absolute atomic E-state index is 12.7. The number of nitrogens with zero attached hydrogens (tertiary/aromatic N) is 1. The van der Waals surface area contributed by atoms with Crippen molar-refractivity contribution in [1.29, 1.82) is 0 Å². The summed E-state index contributed by atoms with van der Waals surface area (Å²) >= 11 is 6.11. The molecule has 0 aromatic heterocycles. The highest BCUT2D eigenvalue weighted by atomic mass is 35.5. The van der Waals surface area contributed by atoms with Gasteiger partial charge >= 0.3 is 0 Å². The average Bonchev–Trinajstić information content (AvgIpc) is 2.60. The van der Waals surface area contributed by atoms with E-state index in [1.807, 2.05) is 47.4 Å². The fraction of sp³-hybridized carbons (Fsp3) is 0.316. The van der Waals surface area contributed by atoms with Gasteiger partial charge in [-0.3, -0.25) is 4.79 Å². The minimum Gasteiger partial charge on any atom is -0.333 e. The predicted molar refractivity (Wildman–Crippen MR) is 93.5 cm³/mol. The Morgan fingerprint density at radius 3 is 2.78 bits per heavy atom. The number of rotatable bonds is 4. The molecule has 2 aromatic rings. The topological polar surface area (TPSA) is 32.3 Å². The molecule has 1 amide bonds. The van der Waals surface area contributed by atoms with E-state index in [9.17, 15) is 4.79 Å². The molecule has 0 spiro atoms. The van der Waals surface area contributed by atoms with Gasteiger partial charge in [0.05, 0.1) is 6.04 Å². The molecule has 1 unspecified atom stereocenters. The van der Waals surface area contributed by atoms with E-state index in [1.54, 1.807) is 0 Å². The lowest BCUT2D eigenvalue weighted by molar-refractivity contribution is -0.134. The van der Waals surface area contributed by atoms with Crippen LogP contribution < -0.4 is 5.32 Å². The van der Waals surface area contributed by atoms with Gasteiger partial charge < -0.3 is 10.2 Å². The molecule has 0 saturated carbocycles. The zero-order chi connectivity index (χ0) is 16.1. The van der Waals surface area contributed by atoms with Crippen molar-refractivity contribution in [3.05, 3.63) is 70.7 Å². The van der Waals surface area contributed by atoms with Gasteiger partial charge in [-0.15, -0.1) is 0 Å². The van der Waals surface area contributed by atoms with Gasteiger partial charge in [0.2, 0.25) is 5.91 Å². The first-order valence-electron chi connectivity index (χ1n) is 8.03. The van der Waals surface area contributed by atoms with Crippen molar-refractivity contribution in [2.45, 2.75) is 18.9 Å². The lowest BCUT2D eigenvalue weighted by atomic mass is 10.0. The average molecular weight is 329 g/mol. The maximum atomic E-state index is 12.7. The minimum atomic E-state index is 0.0609. The number of hydrogen-bond donors (Lipinski definition) is 1. The van der Waals surface area contributed by atoms with E-state index in [0.29, 0.717) is 11.4 Å². The molecule has 2 aromatic carbocycles. The van der Waals surface area contributed by atoms with Crippen LogP contribution in [0.5, 0.6) is 0 Å². The third-order valence-corrected chi connectivity index (χ3v) is 4.50. The molecule has 1 fully saturated rings. The molecule has 3 rings (SSSR count). The van der Waals surface area contributed by atoms with E-state index < -0.39 is 0 Å². The summed E-state index contributed by atoms with van der Waals surface area (Å²) in [5, 5.41) is 4.09. The third-order valence-electron chi connectivity index (χ3n) is 4.27. The highest BCUT2D eigenvalue weighted by Gasteiger charge is 2.27. The number of aryl methyl sites for hydroxylation is 1. The number of carbonyl (C=O) groups is 1. The van der Waals surface area contributed by atoms with Crippen molar-refractivity contribution < 1.29 is 4.79 Å². The standard InChI is InChI=1S/C19H21ClN2O/c20-17-8-4-7-16(13-17)18-14-21-11-12-22(18)19(23)10-9-15-5-2-1-3-6-15/h1-8,13,18,21H,9-12,14H2. The normalized spacial score (nSPS) is 18.0. The number of carbonyl (C=O) groups excluding carboxylic acids is 1. The van der Waals surface area contributed by atoms with Crippen LogP contribution in [0.4, 0.5) is 0 Å². The SMILES string of the molecule is O=C(CCc1ccccc1)N1CCNCC1c1cccc(Cl)c1. The van der Waals surface area contributed by atoms with Crippen LogP contribution in [-0.2, 0) is 11.2 Å². The smallest absolute Gasteiger partial charge is 0.223 e. The molecule has 1 saturated heterocycles. The first kappa shape index (κ1) is 16.0. The molecule has 1 aliphatic rings. The van der Waals surface area contributed by atoms with E-state index >= 15 is 0 Å². The zero-order valence-electron chi connectivity index (χ0n) is 13.0. The predicted octanol–water partition coefficient (Wildman–Crippen LogP) is 3.45. The Morgan fingerprint density at radius 2 is 2.00 bits per heavy atom. The van der Waals surface area contributed by atoms with Gasteiger partial charge in [0.1, 0.15) is 0 Å². The van der Waals surface area contributed by atoms with Gasteiger partial charge in [-0.2, -0.15) is 0 Å². The quantitative estimate of drug-likeness (QED) is 0.932. The summed E-state index contributed by atoms with van der Waals surface area (Å²) in [6, 6.07) is 18.0. The second-order valence-corrected chi connectivity index (χ2v) is 6.28. The molecule has 23 heavy (non-hydrogen) atoms. The van der Waals surface area contributed by atoms with Crippen LogP contribution in [0.25, 0.3) is 0 Å². The summed E-state index contributed by atoms with van der Waals surface area (Å²) in [5.74, 6) is 0.209. The van der Waals surface area contributed by atoms with Gasteiger partial charge in [-0.25, -0.2) is 0 Å². The second-order valence-electron chi connectivity index (χ2n) is 5.85. The Bertz CT molecular complexity index is 659. The summed E-state index contributed by atoms with van der Waals surface area (Å²) in [4.78, 5) is 14.7. The molecule has 1 atom stereocenters. The zero-order valence-corrected chi connectivity index (χ0v) is 13.8. The molecular formula is C19H21ClN2O. The van der Waals surface area contributed by atoms with E-state index in [1.165, 1.54) is 5.56 Å². The number of nitrogens with one attached hydrogen (secondary N) is 1. The van der Waals surface area contributed by atoms with Gasteiger partial charge in [-0.05, 0) is 29.7 Å². The summed E-state index contributed by atoms with van der Waals surface area (Å²) in [6.07, 6.45) is 1.33. The van der Waals surface area contributed by atoms with Gasteiger partial charge in [-0.1, -0.05) is 54.1 Å². The van der Waals surface area contributed by atoms with Crippen molar-refractivity contribution in [3.8, 4) is 0 Å². The fourth-order valence-corrected chi connectivity index (χ4v) is 3.25. The van der Waals surface area contributed by atoms with Gasteiger partial charge in [0.15, 0.2) is 0 Å². The summed E-state index contributed by atoms with van der Waals surface area (Å²) in [5.41, 5.74) is 2.30. The molecule has 1 heterocycles. The Labute approximate surface area is 142 Å². The Balaban J connectivity index is 1.69. The van der Waals surface area contributed by atoms with Gasteiger partial charge in [0.25, 0.3) is 0 Å². The molecule has 1 aliphatic heterocycles. The van der Waals surface area contributed by atoms with Crippen LogP contribution in [0.1, 0.15) is 23.6 Å². The molecule has 4 heteroatoms. The highest BCUT2D eigenvalue weighted by Crippen LogP contribution is 2.25. The van der Waals surface area contributed by atoms with Gasteiger partial charge in [0, 0.05) is 31.1 Å². The Hall–Kier alpha value is -1.84. The lowest BCUT2D eigenvalue weighted by Gasteiger charge is -2.36. The van der Waals surface area contributed by atoms with Crippen LogP contribution in [-0.4, -0.2) is 30.4 Å².